The zero-order valence-corrected chi connectivity index (χ0v) is 13.5. The Labute approximate surface area is 141 Å². The number of anilines is 1. The Bertz CT molecular complexity index is 1010. The first-order chi connectivity index (χ1) is 11.0. The number of aromatic amines is 1. The predicted molar refractivity (Wildman–Crippen MR) is 93.4 cm³/mol. The zero-order valence-electron chi connectivity index (χ0n) is 12.0. The molecule has 0 aliphatic heterocycles. The van der Waals surface area contributed by atoms with Crippen LogP contribution in [0.5, 0.6) is 0 Å². The van der Waals surface area contributed by atoms with Crippen molar-refractivity contribution in [1.82, 2.24) is 9.55 Å². The highest BCUT2D eigenvalue weighted by Gasteiger charge is 2.09. The van der Waals surface area contributed by atoms with E-state index < -0.39 is 5.69 Å². The third-order valence-electron chi connectivity index (χ3n) is 3.63. The minimum atomic E-state index is -0.474. The lowest BCUT2D eigenvalue weighted by molar-refractivity contribution is 0.636. The van der Waals surface area contributed by atoms with Gasteiger partial charge in [0.05, 0.1) is 10.9 Å². The van der Waals surface area contributed by atoms with Gasteiger partial charge in [-0.1, -0.05) is 29.3 Å². The molecule has 0 saturated heterocycles. The van der Waals surface area contributed by atoms with Gasteiger partial charge in [0.25, 0.3) is 5.56 Å². The molecule has 0 atom stereocenters. The molecule has 0 fully saturated rings. The van der Waals surface area contributed by atoms with Gasteiger partial charge < -0.3 is 10.7 Å². The third-order valence-corrected chi connectivity index (χ3v) is 4.21. The lowest BCUT2D eigenvalue weighted by atomic mass is 10.1. The Morgan fingerprint density at radius 3 is 2.61 bits per heavy atom. The molecule has 0 aliphatic rings. The number of aryl methyl sites for hydroxylation is 1. The van der Waals surface area contributed by atoms with Gasteiger partial charge in [-0.2, -0.15) is 0 Å². The average molecular weight is 350 g/mol. The van der Waals surface area contributed by atoms with Crippen LogP contribution in [0, 0.1) is 0 Å². The largest absolute Gasteiger partial charge is 0.399 e. The van der Waals surface area contributed by atoms with Crippen LogP contribution in [0.4, 0.5) is 5.69 Å². The maximum Gasteiger partial charge on any atom is 0.328 e. The first kappa shape index (κ1) is 15.6. The molecule has 0 bridgehead atoms. The maximum absolute atomic E-state index is 12.5. The summed E-state index contributed by atoms with van der Waals surface area (Å²) in [5, 5.41) is 1.47. The summed E-state index contributed by atoms with van der Waals surface area (Å²) in [4.78, 5) is 27.3. The van der Waals surface area contributed by atoms with Crippen LogP contribution in [-0.4, -0.2) is 9.55 Å². The van der Waals surface area contributed by atoms with Crippen molar-refractivity contribution in [3.8, 4) is 0 Å². The standard InChI is InChI=1S/C16H13Cl2N3O2/c17-10-2-1-9(13(18)7-10)5-6-21-15(22)12-4-3-11(19)8-14(12)20-16(21)23/h1-4,7-8H,5-6,19H2,(H,20,23). The summed E-state index contributed by atoms with van der Waals surface area (Å²) in [5.41, 5.74) is 6.58. The number of aromatic nitrogens is 2. The number of nitrogens with one attached hydrogen (secondary N) is 1. The second-order valence-electron chi connectivity index (χ2n) is 5.18. The van der Waals surface area contributed by atoms with Crippen molar-refractivity contribution in [2.45, 2.75) is 13.0 Å². The molecule has 0 saturated carbocycles. The minimum absolute atomic E-state index is 0.218. The highest BCUT2D eigenvalue weighted by molar-refractivity contribution is 6.35. The number of hydrogen-bond donors (Lipinski definition) is 2. The smallest absolute Gasteiger partial charge is 0.328 e. The van der Waals surface area contributed by atoms with E-state index in [1.54, 1.807) is 36.4 Å². The lowest BCUT2D eigenvalue weighted by Crippen LogP contribution is -2.35. The van der Waals surface area contributed by atoms with E-state index in [0.717, 1.165) is 10.1 Å². The van der Waals surface area contributed by atoms with Crippen molar-refractivity contribution < 1.29 is 0 Å². The Balaban J connectivity index is 1.98. The molecule has 0 radical (unpaired) electrons. The number of benzene rings is 2. The zero-order chi connectivity index (χ0) is 16.6. The van der Waals surface area contributed by atoms with Crippen LogP contribution in [0.3, 0.4) is 0 Å². The quantitative estimate of drug-likeness (QED) is 0.713. The first-order valence-corrected chi connectivity index (χ1v) is 7.67. The van der Waals surface area contributed by atoms with E-state index in [4.69, 9.17) is 28.9 Å². The van der Waals surface area contributed by atoms with Crippen molar-refractivity contribution in [2.75, 3.05) is 5.73 Å². The molecule has 3 rings (SSSR count). The van der Waals surface area contributed by atoms with E-state index in [1.807, 2.05) is 0 Å². The minimum Gasteiger partial charge on any atom is -0.399 e. The molecule has 2 aromatic carbocycles. The van der Waals surface area contributed by atoms with Gasteiger partial charge >= 0.3 is 5.69 Å². The van der Waals surface area contributed by atoms with Crippen molar-refractivity contribution in [3.05, 3.63) is 72.8 Å². The molecule has 0 amide bonds. The Kier molecular flexibility index (Phi) is 4.15. The van der Waals surface area contributed by atoms with Gasteiger partial charge in [0.15, 0.2) is 0 Å². The third kappa shape index (κ3) is 3.11. The summed E-state index contributed by atoms with van der Waals surface area (Å²) in [6, 6.07) is 9.94. The van der Waals surface area contributed by atoms with Crippen LogP contribution in [-0.2, 0) is 13.0 Å². The average Bonchev–Trinajstić information content (AvgIpc) is 2.48. The van der Waals surface area contributed by atoms with Crippen molar-refractivity contribution >= 4 is 39.8 Å². The normalized spacial score (nSPS) is 11.0. The van der Waals surface area contributed by atoms with Crippen molar-refractivity contribution in [1.29, 1.82) is 0 Å². The monoisotopic (exact) mass is 349 g/mol. The molecule has 0 aliphatic carbocycles. The summed E-state index contributed by atoms with van der Waals surface area (Å²) in [5.74, 6) is 0. The topological polar surface area (TPSA) is 80.9 Å². The number of halogens is 2. The number of nitrogen functional groups attached to an aromatic ring is 1. The highest BCUT2D eigenvalue weighted by atomic mass is 35.5. The molecular formula is C16H13Cl2N3O2. The second-order valence-corrected chi connectivity index (χ2v) is 6.02. The van der Waals surface area contributed by atoms with Crippen molar-refractivity contribution in [3.63, 3.8) is 0 Å². The molecular weight excluding hydrogens is 337 g/mol. The Morgan fingerprint density at radius 1 is 1.09 bits per heavy atom. The fraction of sp³-hybridized carbons (Fsp3) is 0.125. The lowest BCUT2D eigenvalue weighted by Gasteiger charge is -2.08. The predicted octanol–water partition coefficient (Wildman–Crippen LogP) is 2.82. The van der Waals surface area contributed by atoms with Gasteiger partial charge in [-0.25, -0.2) is 4.79 Å². The number of nitrogens with zero attached hydrogens (tertiary/aromatic N) is 1. The van der Waals surface area contributed by atoms with Crippen molar-refractivity contribution in [2.24, 2.45) is 0 Å². The van der Waals surface area contributed by atoms with Gasteiger partial charge in [0.2, 0.25) is 0 Å². The molecule has 0 unspecified atom stereocenters. The number of nitrogens with two attached hydrogens (primary N) is 1. The van der Waals surface area contributed by atoms with E-state index in [9.17, 15) is 9.59 Å². The molecule has 3 N–H and O–H groups in total. The molecule has 1 heterocycles. The first-order valence-electron chi connectivity index (χ1n) is 6.92. The molecule has 1 aromatic heterocycles. The van der Waals surface area contributed by atoms with Crippen LogP contribution in [0.15, 0.2) is 46.0 Å². The van der Waals surface area contributed by atoms with Gasteiger partial charge in [0.1, 0.15) is 0 Å². The summed E-state index contributed by atoms with van der Waals surface area (Å²) in [6.07, 6.45) is 0.444. The van der Waals surface area contributed by atoms with Crippen LogP contribution < -0.4 is 17.0 Å². The fourth-order valence-electron chi connectivity index (χ4n) is 2.43. The number of hydrogen-bond acceptors (Lipinski definition) is 3. The second kappa shape index (κ2) is 6.10. The Morgan fingerprint density at radius 2 is 1.87 bits per heavy atom. The van der Waals surface area contributed by atoms with E-state index in [0.29, 0.717) is 33.1 Å². The van der Waals surface area contributed by atoms with Gasteiger partial charge in [-0.3, -0.25) is 9.36 Å². The van der Waals surface area contributed by atoms with Crippen LogP contribution in [0.25, 0.3) is 10.9 Å². The van der Waals surface area contributed by atoms with Gasteiger partial charge in [0, 0.05) is 22.3 Å². The number of H-pyrrole nitrogens is 1. The molecule has 118 valence electrons. The van der Waals surface area contributed by atoms with Gasteiger partial charge in [-0.15, -0.1) is 0 Å². The molecule has 5 nitrogen and oxygen atoms in total. The molecule has 23 heavy (non-hydrogen) atoms. The molecule has 0 spiro atoms. The van der Waals surface area contributed by atoms with Crippen LogP contribution in [0.1, 0.15) is 5.56 Å². The van der Waals surface area contributed by atoms with E-state index in [2.05, 4.69) is 4.98 Å². The highest BCUT2D eigenvalue weighted by Crippen LogP contribution is 2.21. The maximum atomic E-state index is 12.5. The number of fused-ring (bicyclic) bond motifs is 1. The summed E-state index contributed by atoms with van der Waals surface area (Å²) < 4.78 is 1.16. The summed E-state index contributed by atoms with van der Waals surface area (Å²) >= 11 is 12.0. The van der Waals surface area contributed by atoms with Crippen LogP contribution in [0.2, 0.25) is 10.0 Å². The molecule has 7 heteroatoms. The number of rotatable bonds is 3. The van der Waals surface area contributed by atoms with E-state index in [-0.39, 0.29) is 12.1 Å². The van der Waals surface area contributed by atoms with Gasteiger partial charge in [-0.05, 0) is 42.3 Å². The summed E-state index contributed by atoms with van der Waals surface area (Å²) in [7, 11) is 0. The van der Waals surface area contributed by atoms with E-state index >= 15 is 0 Å². The van der Waals surface area contributed by atoms with E-state index in [1.165, 1.54) is 0 Å². The SMILES string of the molecule is Nc1ccc2c(=O)n(CCc3ccc(Cl)cc3Cl)c(=O)[nH]c2c1. The fourth-order valence-corrected chi connectivity index (χ4v) is 2.93. The summed E-state index contributed by atoms with van der Waals surface area (Å²) in [6.45, 7) is 0.218. The Hall–Kier alpha value is -2.24. The molecule has 3 aromatic rings. The van der Waals surface area contributed by atoms with Crippen LogP contribution >= 0.6 is 23.2 Å².